The zero-order valence-corrected chi connectivity index (χ0v) is 30.4. The molecule has 20 heteroatoms. The van der Waals surface area contributed by atoms with Gasteiger partial charge in [0.1, 0.15) is 42.5 Å². The second-order valence-corrected chi connectivity index (χ2v) is 14.4. The van der Waals surface area contributed by atoms with Gasteiger partial charge in [-0.3, -0.25) is 33.4 Å². The lowest BCUT2D eigenvalue weighted by molar-refractivity contribution is -0.271. The molecule has 0 saturated carbocycles. The summed E-state index contributed by atoms with van der Waals surface area (Å²) in [5.41, 5.74) is 1.16. The maximum absolute atomic E-state index is 12.9. The number of imide groups is 1. The average Bonchev–Trinajstić information content (AvgIpc) is 3.37. The number of likely N-dealkylation sites (tertiary alicyclic amines) is 1. The Morgan fingerprint density at radius 2 is 1.76 bits per heavy atom. The Bertz CT molecular complexity index is 1650. The van der Waals surface area contributed by atoms with Gasteiger partial charge in [0.25, 0.3) is 10.1 Å². The molecule has 2 saturated heterocycles. The van der Waals surface area contributed by atoms with Crippen LogP contribution >= 0.6 is 0 Å². The van der Waals surface area contributed by atoms with Gasteiger partial charge in [-0.25, -0.2) is 4.79 Å². The van der Waals surface area contributed by atoms with E-state index in [0.717, 1.165) is 4.90 Å². The van der Waals surface area contributed by atoms with Crippen LogP contribution in [0.3, 0.4) is 0 Å². The number of hydrogen-bond acceptors (Lipinski definition) is 14. The number of rotatable bonds is 21. The molecule has 0 bridgehead atoms. The van der Waals surface area contributed by atoms with Crippen LogP contribution in [-0.2, 0) is 61.4 Å². The van der Waals surface area contributed by atoms with Crippen LogP contribution in [-0.4, -0.2) is 129 Å². The Hall–Kier alpha value is -4.47. The molecule has 3 rings (SSSR count). The highest BCUT2D eigenvalue weighted by atomic mass is 32.2. The number of benzene rings is 1. The maximum Gasteiger partial charge on any atom is 0.335 e. The number of aliphatic hydroxyl groups excluding tert-OH is 3. The van der Waals surface area contributed by atoms with E-state index in [1.807, 2.05) is 0 Å². The topological polar surface area (TPSA) is 293 Å². The fourth-order valence-corrected chi connectivity index (χ4v) is 6.46. The molecule has 19 nitrogen and oxygen atoms in total. The molecular weight excluding hydrogens is 738 g/mol. The highest BCUT2D eigenvalue weighted by Gasteiger charge is 2.48. The summed E-state index contributed by atoms with van der Waals surface area (Å²) in [7, 11) is -4.67. The third kappa shape index (κ3) is 13.1. The van der Waals surface area contributed by atoms with Gasteiger partial charge >= 0.3 is 11.9 Å². The van der Waals surface area contributed by atoms with Crippen LogP contribution in [0.4, 0.5) is 0 Å². The van der Waals surface area contributed by atoms with E-state index in [-0.39, 0.29) is 50.1 Å². The third-order valence-corrected chi connectivity index (χ3v) is 9.48. The summed E-state index contributed by atoms with van der Waals surface area (Å²) in [6, 6.07) is 2.92. The molecule has 1 aromatic carbocycles. The number of amides is 4. The fourth-order valence-electron chi connectivity index (χ4n) is 5.81. The van der Waals surface area contributed by atoms with Crippen molar-refractivity contribution in [2.45, 2.75) is 102 Å². The summed E-state index contributed by atoms with van der Waals surface area (Å²) < 4.78 is 48.5. The van der Waals surface area contributed by atoms with Gasteiger partial charge in [-0.15, -0.1) is 6.58 Å². The van der Waals surface area contributed by atoms with E-state index in [0.29, 0.717) is 49.7 Å². The lowest BCUT2D eigenvalue weighted by atomic mass is 9.99. The predicted octanol–water partition coefficient (Wildman–Crippen LogP) is -1.05. The van der Waals surface area contributed by atoms with E-state index in [4.69, 9.17) is 14.2 Å². The molecule has 2 aliphatic heterocycles. The second kappa shape index (κ2) is 20.3. The maximum atomic E-state index is 12.9. The molecule has 4 amide bonds. The van der Waals surface area contributed by atoms with Gasteiger partial charge in [-0.1, -0.05) is 18.6 Å². The standard InChI is InChI=1S/C34H47N3O16S/c1-3-20-16-26(40)37(32(20)45)14-8-4-5-10-25(39)36-24(18-54(48,49)50)31(44)35-13-7-6-9-21-15-23(12-11-22(21)17-51-19(2)38)52-34-29(43)27(41)28(42)30(53-34)33(46)47/h3,11-12,15,20,24,27-30,34,41-43H,1,4-10,13-14,16-18H2,2H3,(H,35,44)(H,36,39)(H,46,47)(H,48,49,50)/t20?,24-,27-,28-,29+,30-,34+/m0/s1. The van der Waals surface area contributed by atoms with Crippen molar-refractivity contribution in [1.29, 1.82) is 0 Å². The number of unbranched alkanes of at least 4 members (excludes halogenated alkanes) is 3. The van der Waals surface area contributed by atoms with Crippen LogP contribution in [0.5, 0.6) is 5.75 Å². The van der Waals surface area contributed by atoms with Gasteiger partial charge in [0.15, 0.2) is 6.10 Å². The molecule has 54 heavy (non-hydrogen) atoms. The van der Waals surface area contributed by atoms with Crippen LogP contribution in [0, 0.1) is 5.92 Å². The number of carbonyl (C=O) groups is 6. The van der Waals surface area contributed by atoms with Crippen LogP contribution in [0.25, 0.3) is 0 Å². The largest absolute Gasteiger partial charge is 0.479 e. The quantitative estimate of drug-likeness (QED) is 0.0257. The van der Waals surface area contributed by atoms with E-state index in [9.17, 15) is 62.2 Å². The molecular formula is C34H47N3O16S. The molecule has 7 N–H and O–H groups in total. The van der Waals surface area contributed by atoms with Crippen molar-refractivity contribution in [2.75, 3.05) is 18.8 Å². The summed E-state index contributed by atoms with van der Waals surface area (Å²) in [6.45, 7) is 4.89. The van der Waals surface area contributed by atoms with Crippen LogP contribution in [0.15, 0.2) is 30.9 Å². The molecule has 0 radical (unpaired) electrons. The van der Waals surface area contributed by atoms with E-state index in [1.54, 1.807) is 6.07 Å². The van der Waals surface area contributed by atoms with Gasteiger partial charge < -0.3 is 45.3 Å². The average molecular weight is 786 g/mol. The van der Waals surface area contributed by atoms with Crippen molar-refractivity contribution < 1.29 is 76.4 Å². The van der Waals surface area contributed by atoms with Crippen LogP contribution in [0.1, 0.15) is 63.0 Å². The highest BCUT2D eigenvalue weighted by molar-refractivity contribution is 7.85. The monoisotopic (exact) mass is 785 g/mol. The third-order valence-electron chi connectivity index (χ3n) is 8.72. The van der Waals surface area contributed by atoms with Gasteiger partial charge in [0.2, 0.25) is 29.9 Å². The summed E-state index contributed by atoms with van der Waals surface area (Å²) >= 11 is 0. The first-order valence-electron chi connectivity index (χ1n) is 17.2. The van der Waals surface area contributed by atoms with Gasteiger partial charge in [0, 0.05) is 32.9 Å². The van der Waals surface area contributed by atoms with Gasteiger partial charge in [0.05, 0.1) is 5.92 Å². The van der Waals surface area contributed by atoms with E-state index in [1.165, 1.54) is 25.1 Å². The molecule has 300 valence electrons. The number of carboxylic acid groups (broad SMARTS) is 1. The number of nitrogens with zero attached hydrogens (tertiary/aromatic N) is 1. The van der Waals surface area contributed by atoms with Crippen LogP contribution in [0.2, 0.25) is 0 Å². The molecule has 0 aliphatic carbocycles. The number of nitrogens with one attached hydrogen (secondary N) is 2. The van der Waals surface area contributed by atoms with E-state index >= 15 is 0 Å². The molecule has 1 unspecified atom stereocenters. The molecule has 2 aliphatic rings. The zero-order valence-electron chi connectivity index (χ0n) is 29.6. The second-order valence-electron chi connectivity index (χ2n) is 12.9. The number of carboxylic acids is 1. The lowest BCUT2D eigenvalue weighted by Crippen LogP contribution is -2.61. The fraction of sp³-hybridized carbons (Fsp3) is 0.588. The van der Waals surface area contributed by atoms with Crippen molar-refractivity contribution in [1.82, 2.24) is 15.5 Å². The Balaban J connectivity index is 1.52. The van der Waals surface area contributed by atoms with Gasteiger partial charge in [-0.05, 0) is 55.4 Å². The first-order valence-corrected chi connectivity index (χ1v) is 18.9. The van der Waals surface area contributed by atoms with E-state index < -0.39 is 82.3 Å². The Labute approximate surface area is 311 Å². The molecule has 0 spiro atoms. The smallest absolute Gasteiger partial charge is 0.335 e. The van der Waals surface area contributed by atoms with Crippen molar-refractivity contribution in [3.05, 3.63) is 42.0 Å². The Morgan fingerprint density at radius 1 is 1.04 bits per heavy atom. The SMILES string of the molecule is C=CC1CC(=O)N(CCCCCC(=O)N[C@@H](CS(=O)(=O)O)C(=O)NCCCCc2cc(O[C@@H]3O[C@H](C(=O)O)[C@@H](O)[C@H](O)[C@H]3O)ccc2COC(C)=O)C1=O. The first kappa shape index (κ1) is 43.9. The molecule has 7 atom stereocenters. The highest BCUT2D eigenvalue weighted by Crippen LogP contribution is 2.27. The Kier molecular flexibility index (Phi) is 16.5. The Morgan fingerprint density at radius 3 is 2.39 bits per heavy atom. The van der Waals surface area contributed by atoms with Crippen molar-refractivity contribution in [2.24, 2.45) is 5.92 Å². The summed E-state index contributed by atoms with van der Waals surface area (Å²) in [5, 5.41) is 44.5. The number of ether oxygens (including phenoxy) is 3. The van der Waals surface area contributed by atoms with E-state index in [2.05, 4.69) is 17.2 Å². The molecule has 1 aromatic rings. The van der Waals surface area contributed by atoms with Crippen LogP contribution < -0.4 is 15.4 Å². The first-order chi connectivity index (χ1) is 25.4. The zero-order chi connectivity index (χ0) is 40.2. The predicted molar refractivity (Wildman–Crippen MR) is 185 cm³/mol. The van der Waals surface area contributed by atoms with Crippen molar-refractivity contribution in [3.8, 4) is 5.75 Å². The number of esters is 1. The number of aryl methyl sites for hydroxylation is 1. The van der Waals surface area contributed by atoms with Crippen molar-refractivity contribution in [3.63, 3.8) is 0 Å². The molecule has 2 heterocycles. The van der Waals surface area contributed by atoms with Gasteiger partial charge in [-0.2, -0.15) is 8.42 Å². The molecule has 2 fully saturated rings. The summed E-state index contributed by atoms with van der Waals surface area (Å²) in [5.74, 6) is -5.75. The minimum absolute atomic E-state index is 0.0334. The number of carbonyl (C=O) groups excluding carboxylic acids is 5. The summed E-state index contributed by atoms with van der Waals surface area (Å²) in [4.78, 5) is 73.6. The van der Waals surface area contributed by atoms with Crippen molar-refractivity contribution >= 4 is 45.7 Å². The number of aliphatic hydroxyl groups is 3. The number of hydrogen-bond donors (Lipinski definition) is 7. The lowest BCUT2D eigenvalue weighted by Gasteiger charge is -2.38. The minimum Gasteiger partial charge on any atom is -0.479 e. The normalized spacial score (nSPS) is 23.4. The molecule has 0 aromatic heterocycles. The minimum atomic E-state index is -4.67. The number of aliphatic carboxylic acids is 1. The summed E-state index contributed by atoms with van der Waals surface area (Å²) in [6.07, 6.45) is -5.42.